The van der Waals surface area contributed by atoms with Gasteiger partial charge in [0, 0.05) is 10.7 Å². The highest BCUT2D eigenvalue weighted by atomic mass is 35.5. The maximum absolute atomic E-state index is 12.3. The molecule has 0 atom stereocenters. The first-order valence-corrected chi connectivity index (χ1v) is 6.88. The van der Waals surface area contributed by atoms with Crippen LogP contribution in [0.5, 0.6) is 0 Å². The minimum absolute atomic E-state index is 0.0129. The van der Waals surface area contributed by atoms with E-state index in [-0.39, 0.29) is 11.3 Å². The summed E-state index contributed by atoms with van der Waals surface area (Å²) in [6.45, 7) is 5.37. The lowest BCUT2D eigenvalue weighted by atomic mass is 10.1. The molecule has 0 aliphatic heterocycles. The SMILES string of the molecule is C=CC(=O)N(c1cccc(C)c1)c1cc(Cl)ccc1C(=O)O. The fraction of sp³-hybridized carbons (Fsp3) is 0.0588. The summed E-state index contributed by atoms with van der Waals surface area (Å²) < 4.78 is 0. The zero-order chi connectivity index (χ0) is 16.3. The number of nitrogens with zero attached hydrogens (tertiary/aromatic N) is 1. The van der Waals surface area contributed by atoms with Gasteiger partial charge in [-0.15, -0.1) is 0 Å². The van der Waals surface area contributed by atoms with E-state index in [0.717, 1.165) is 11.6 Å². The normalized spacial score (nSPS) is 10.1. The number of benzene rings is 2. The van der Waals surface area contributed by atoms with Gasteiger partial charge in [-0.3, -0.25) is 9.69 Å². The number of carbonyl (C=O) groups excluding carboxylic acids is 1. The summed E-state index contributed by atoms with van der Waals surface area (Å²) in [4.78, 5) is 25.0. The van der Waals surface area contributed by atoms with Crippen LogP contribution in [0.4, 0.5) is 11.4 Å². The molecule has 0 fully saturated rings. The van der Waals surface area contributed by atoms with E-state index in [1.807, 2.05) is 13.0 Å². The molecule has 0 saturated heterocycles. The Labute approximate surface area is 133 Å². The third kappa shape index (κ3) is 3.18. The minimum atomic E-state index is -1.14. The third-order valence-electron chi connectivity index (χ3n) is 3.09. The van der Waals surface area contributed by atoms with E-state index >= 15 is 0 Å². The maximum atomic E-state index is 12.3. The highest BCUT2D eigenvalue weighted by Gasteiger charge is 2.22. The van der Waals surface area contributed by atoms with Crippen LogP contribution < -0.4 is 4.90 Å². The quantitative estimate of drug-likeness (QED) is 0.860. The number of halogens is 1. The second kappa shape index (κ2) is 6.45. The molecule has 0 unspecified atom stereocenters. The Hall–Kier alpha value is -2.59. The zero-order valence-corrected chi connectivity index (χ0v) is 12.7. The van der Waals surface area contributed by atoms with Gasteiger partial charge in [0.2, 0.25) is 0 Å². The van der Waals surface area contributed by atoms with Crippen molar-refractivity contribution < 1.29 is 14.7 Å². The van der Waals surface area contributed by atoms with Crippen molar-refractivity contribution in [2.24, 2.45) is 0 Å². The van der Waals surface area contributed by atoms with E-state index in [1.165, 1.54) is 23.1 Å². The molecule has 2 aromatic rings. The van der Waals surface area contributed by atoms with Crippen LogP contribution in [0.1, 0.15) is 15.9 Å². The van der Waals surface area contributed by atoms with Gasteiger partial charge in [-0.1, -0.05) is 30.3 Å². The molecule has 0 radical (unpaired) electrons. The lowest BCUT2D eigenvalue weighted by Gasteiger charge is -2.23. The number of amides is 1. The molecule has 0 spiro atoms. The molecule has 0 heterocycles. The number of hydrogen-bond donors (Lipinski definition) is 1. The fourth-order valence-corrected chi connectivity index (χ4v) is 2.28. The molecule has 2 rings (SSSR count). The summed E-state index contributed by atoms with van der Waals surface area (Å²) in [6, 6.07) is 11.5. The average Bonchev–Trinajstić information content (AvgIpc) is 2.47. The molecule has 0 aromatic heterocycles. The van der Waals surface area contributed by atoms with Crippen LogP contribution in [0.25, 0.3) is 0 Å². The van der Waals surface area contributed by atoms with Gasteiger partial charge in [-0.05, 0) is 48.9 Å². The van der Waals surface area contributed by atoms with Crippen LogP contribution in [0.2, 0.25) is 5.02 Å². The number of rotatable bonds is 4. The molecule has 0 bridgehead atoms. The van der Waals surface area contributed by atoms with Crippen LogP contribution in [0.3, 0.4) is 0 Å². The Morgan fingerprint density at radius 1 is 1.23 bits per heavy atom. The summed E-state index contributed by atoms with van der Waals surface area (Å²) in [5.41, 5.74) is 1.68. The number of carboxylic acids is 1. The van der Waals surface area contributed by atoms with Crippen molar-refractivity contribution in [1.82, 2.24) is 0 Å². The molecular formula is C17H14ClNO3. The van der Waals surface area contributed by atoms with Crippen molar-refractivity contribution in [1.29, 1.82) is 0 Å². The minimum Gasteiger partial charge on any atom is -0.478 e. The number of carboxylic acid groups (broad SMARTS) is 1. The second-order valence-electron chi connectivity index (χ2n) is 4.68. The van der Waals surface area contributed by atoms with Gasteiger partial charge < -0.3 is 5.11 Å². The summed E-state index contributed by atoms with van der Waals surface area (Å²) >= 11 is 5.98. The summed E-state index contributed by atoms with van der Waals surface area (Å²) in [6.07, 6.45) is 1.13. The van der Waals surface area contributed by atoms with Gasteiger partial charge in [0.05, 0.1) is 11.3 Å². The van der Waals surface area contributed by atoms with Crippen LogP contribution in [0.15, 0.2) is 55.1 Å². The van der Waals surface area contributed by atoms with Crippen molar-refractivity contribution >= 4 is 34.9 Å². The third-order valence-corrected chi connectivity index (χ3v) is 3.32. The highest BCUT2D eigenvalue weighted by Crippen LogP contribution is 2.32. The number of aromatic carboxylic acids is 1. The summed E-state index contributed by atoms with van der Waals surface area (Å²) in [5, 5.41) is 9.70. The smallest absolute Gasteiger partial charge is 0.337 e. The lowest BCUT2D eigenvalue weighted by Crippen LogP contribution is -2.25. The molecule has 2 aromatic carbocycles. The molecule has 1 amide bonds. The van der Waals surface area contributed by atoms with Crippen molar-refractivity contribution in [2.75, 3.05) is 4.90 Å². The van der Waals surface area contributed by atoms with Crippen molar-refractivity contribution in [3.8, 4) is 0 Å². The van der Waals surface area contributed by atoms with Gasteiger partial charge in [0.25, 0.3) is 5.91 Å². The largest absolute Gasteiger partial charge is 0.478 e. The fourth-order valence-electron chi connectivity index (χ4n) is 2.11. The van der Waals surface area contributed by atoms with Gasteiger partial charge >= 0.3 is 5.97 Å². The Morgan fingerprint density at radius 2 is 1.95 bits per heavy atom. The van der Waals surface area contributed by atoms with Crippen molar-refractivity contribution in [3.05, 3.63) is 71.3 Å². The molecule has 0 aliphatic carbocycles. The van der Waals surface area contributed by atoms with Gasteiger partial charge in [0.1, 0.15) is 0 Å². The monoisotopic (exact) mass is 315 g/mol. The first-order valence-electron chi connectivity index (χ1n) is 6.50. The predicted octanol–water partition coefficient (Wildman–Crippen LogP) is 4.20. The first-order chi connectivity index (χ1) is 10.4. The van der Waals surface area contributed by atoms with Crippen molar-refractivity contribution in [2.45, 2.75) is 6.92 Å². The standard InChI is InChI=1S/C17H14ClNO3/c1-3-16(20)19(13-6-4-5-11(2)9-13)15-10-12(18)7-8-14(15)17(21)22/h3-10H,1H2,2H3,(H,21,22). The average molecular weight is 316 g/mol. The van der Waals surface area contributed by atoms with Crippen molar-refractivity contribution in [3.63, 3.8) is 0 Å². The molecule has 4 nitrogen and oxygen atoms in total. The Kier molecular flexibility index (Phi) is 4.63. The summed E-state index contributed by atoms with van der Waals surface area (Å²) in [7, 11) is 0. The number of anilines is 2. The van der Waals surface area contributed by atoms with E-state index in [9.17, 15) is 14.7 Å². The van der Waals surface area contributed by atoms with Crippen LogP contribution in [0, 0.1) is 6.92 Å². The van der Waals surface area contributed by atoms with E-state index in [0.29, 0.717) is 10.7 Å². The summed E-state index contributed by atoms with van der Waals surface area (Å²) in [5.74, 6) is -1.57. The van der Waals surface area contributed by atoms with Crippen LogP contribution in [-0.4, -0.2) is 17.0 Å². The first kappa shape index (κ1) is 15.8. The molecule has 112 valence electrons. The lowest BCUT2D eigenvalue weighted by molar-refractivity contribution is -0.113. The van der Waals surface area contributed by atoms with E-state index in [2.05, 4.69) is 6.58 Å². The number of aryl methyl sites for hydroxylation is 1. The van der Waals surface area contributed by atoms with E-state index in [1.54, 1.807) is 18.2 Å². The highest BCUT2D eigenvalue weighted by molar-refractivity contribution is 6.31. The second-order valence-corrected chi connectivity index (χ2v) is 5.12. The molecule has 0 aliphatic rings. The molecule has 1 N–H and O–H groups in total. The predicted molar refractivity (Wildman–Crippen MR) is 86.9 cm³/mol. The Bertz CT molecular complexity index is 755. The Balaban J connectivity index is 2.70. The van der Waals surface area contributed by atoms with Gasteiger partial charge in [-0.2, -0.15) is 0 Å². The maximum Gasteiger partial charge on any atom is 0.337 e. The van der Waals surface area contributed by atoms with E-state index in [4.69, 9.17) is 11.6 Å². The topological polar surface area (TPSA) is 57.6 Å². The molecule has 5 heteroatoms. The van der Waals surface area contributed by atoms with Gasteiger partial charge in [-0.25, -0.2) is 4.79 Å². The Morgan fingerprint density at radius 3 is 2.55 bits per heavy atom. The van der Waals surface area contributed by atoms with Crippen LogP contribution in [-0.2, 0) is 4.79 Å². The molecular weight excluding hydrogens is 302 g/mol. The number of carbonyl (C=O) groups is 2. The zero-order valence-electron chi connectivity index (χ0n) is 11.9. The molecule has 0 saturated carbocycles. The van der Waals surface area contributed by atoms with Gasteiger partial charge in [0.15, 0.2) is 0 Å². The van der Waals surface area contributed by atoms with E-state index < -0.39 is 11.9 Å². The number of hydrogen-bond acceptors (Lipinski definition) is 2. The van der Waals surface area contributed by atoms with Crippen LogP contribution >= 0.6 is 11.6 Å². The molecule has 22 heavy (non-hydrogen) atoms.